The van der Waals surface area contributed by atoms with Gasteiger partial charge in [-0.1, -0.05) is 24.3 Å². The molecule has 6 N–H and O–H groups in total. The average molecular weight is 332 g/mol. The molecule has 2 amide bonds. The number of ether oxygens (including phenoxy) is 2. The minimum atomic E-state index is -0.421. The number of aryl methyl sites for hydroxylation is 1. The van der Waals surface area contributed by atoms with Crippen LogP contribution in [-0.4, -0.2) is 25.2 Å². The van der Waals surface area contributed by atoms with Crippen LogP contribution in [0.1, 0.15) is 11.1 Å². The third-order valence-corrected chi connectivity index (χ3v) is 3.38. The van der Waals surface area contributed by atoms with E-state index >= 15 is 0 Å². The summed E-state index contributed by atoms with van der Waals surface area (Å²) in [6.45, 7) is 2.24. The van der Waals surface area contributed by atoms with Crippen LogP contribution in [-0.2, 0) is 6.61 Å². The number of carbonyl (C=O) groups excluding carboxylic acids is 1. The summed E-state index contributed by atoms with van der Waals surface area (Å²) in [5.41, 5.74) is 2.38. The molecule has 0 aromatic heterocycles. The zero-order chi connectivity index (χ0) is 16.8. The number of hydrazine groups is 1. The largest absolute Gasteiger partial charge is 0.496 e. The van der Waals surface area contributed by atoms with Gasteiger partial charge >= 0.3 is 6.03 Å². The van der Waals surface area contributed by atoms with E-state index in [9.17, 15) is 4.79 Å². The van der Waals surface area contributed by atoms with Crippen LogP contribution in [0.4, 0.5) is 10.5 Å². The zero-order valence-electron chi connectivity index (χ0n) is 14.2. The Balaban J connectivity index is 0.00000288. The van der Waals surface area contributed by atoms with Crippen molar-refractivity contribution in [1.29, 1.82) is 0 Å². The molecular formula is C17H24N4O3. The fourth-order valence-corrected chi connectivity index (χ4v) is 2.09. The number of hydrogen-bond acceptors (Lipinski definition) is 5. The number of hydrogen-bond donors (Lipinski definition) is 3. The molecule has 0 aliphatic carbocycles. The first-order valence-corrected chi connectivity index (χ1v) is 7.16. The van der Waals surface area contributed by atoms with E-state index in [1.807, 2.05) is 37.3 Å². The van der Waals surface area contributed by atoms with Crippen LogP contribution in [0, 0.1) is 6.92 Å². The van der Waals surface area contributed by atoms with Gasteiger partial charge in [0.2, 0.25) is 0 Å². The lowest BCUT2D eigenvalue weighted by atomic mass is 10.1. The topological polar surface area (TPSA) is 112 Å². The van der Waals surface area contributed by atoms with Crippen LogP contribution in [0.25, 0.3) is 0 Å². The molecule has 7 nitrogen and oxygen atoms in total. The summed E-state index contributed by atoms with van der Waals surface area (Å²) in [6.07, 6.45) is 0. The van der Waals surface area contributed by atoms with Crippen LogP contribution in [0.2, 0.25) is 0 Å². The van der Waals surface area contributed by atoms with Gasteiger partial charge in [-0.3, -0.25) is 5.01 Å². The molecule has 2 aromatic carbocycles. The number of carbonyl (C=O) groups is 1. The van der Waals surface area contributed by atoms with E-state index in [2.05, 4.69) is 5.32 Å². The third-order valence-electron chi connectivity index (χ3n) is 3.38. The van der Waals surface area contributed by atoms with Crippen molar-refractivity contribution >= 4 is 11.7 Å². The Labute approximate surface area is 141 Å². The normalized spacial score (nSPS) is 9.67. The van der Waals surface area contributed by atoms with Crippen molar-refractivity contribution in [1.82, 2.24) is 11.2 Å². The van der Waals surface area contributed by atoms with Crippen LogP contribution in [0.15, 0.2) is 42.5 Å². The van der Waals surface area contributed by atoms with Crippen LogP contribution in [0.3, 0.4) is 0 Å². The number of para-hydroxylation sites is 1. The summed E-state index contributed by atoms with van der Waals surface area (Å²) in [6, 6.07) is 12.7. The van der Waals surface area contributed by atoms with Gasteiger partial charge in [0.1, 0.15) is 18.1 Å². The van der Waals surface area contributed by atoms with Crippen molar-refractivity contribution in [3.63, 3.8) is 0 Å². The fourth-order valence-electron chi connectivity index (χ4n) is 2.09. The van der Waals surface area contributed by atoms with E-state index < -0.39 is 6.03 Å². The highest BCUT2D eigenvalue weighted by Crippen LogP contribution is 2.29. The maximum Gasteiger partial charge on any atom is 0.335 e. The van der Waals surface area contributed by atoms with Crippen molar-refractivity contribution in [2.75, 3.05) is 19.5 Å². The molecule has 130 valence electrons. The van der Waals surface area contributed by atoms with Gasteiger partial charge in [-0.15, -0.1) is 0 Å². The predicted octanol–water partition coefficient (Wildman–Crippen LogP) is 3.08. The third kappa shape index (κ3) is 4.61. The summed E-state index contributed by atoms with van der Waals surface area (Å²) in [5.74, 6) is 6.87. The summed E-state index contributed by atoms with van der Waals surface area (Å²) in [7, 11) is 3.05. The Hall–Kier alpha value is -2.77. The van der Waals surface area contributed by atoms with Crippen molar-refractivity contribution in [2.45, 2.75) is 13.5 Å². The second kappa shape index (κ2) is 8.76. The second-order valence-corrected chi connectivity index (χ2v) is 5.08. The highest BCUT2D eigenvalue weighted by atomic mass is 16.5. The maximum absolute atomic E-state index is 11.8. The molecule has 0 aliphatic rings. The molecule has 2 aromatic rings. The lowest BCUT2D eigenvalue weighted by Crippen LogP contribution is -2.37. The van der Waals surface area contributed by atoms with E-state index in [1.54, 1.807) is 19.2 Å². The molecule has 7 heteroatoms. The quantitative estimate of drug-likeness (QED) is 0.442. The van der Waals surface area contributed by atoms with Crippen molar-refractivity contribution in [3.05, 3.63) is 53.6 Å². The number of benzene rings is 2. The van der Waals surface area contributed by atoms with Gasteiger partial charge in [-0.05, 0) is 30.7 Å². The summed E-state index contributed by atoms with van der Waals surface area (Å²) in [4.78, 5) is 11.8. The molecule has 0 saturated heterocycles. The SMILES string of the molecule is COc1cccc(NC(=O)N(C)N)c1COc1ccccc1C.N. The number of nitrogens with zero attached hydrogens (tertiary/aromatic N) is 1. The number of anilines is 1. The van der Waals surface area contributed by atoms with E-state index in [1.165, 1.54) is 7.05 Å². The average Bonchev–Trinajstić information content (AvgIpc) is 2.54. The molecule has 0 bridgehead atoms. The molecule has 0 saturated carbocycles. The van der Waals surface area contributed by atoms with Gasteiger partial charge < -0.3 is 20.9 Å². The monoisotopic (exact) mass is 332 g/mol. The molecule has 0 spiro atoms. The standard InChI is InChI=1S/C17H21N3O3.H3N/c1-12-7-4-5-9-15(12)23-11-13-14(19-17(21)20(2)18)8-6-10-16(13)22-3;/h4-10H,11,18H2,1-3H3,(H,19,21);1H3. The molecule has 0 unspecified atom stereocenters. The Bertz CT molecular complexity index is 689. The Morgan fingerprint density at radius 2 is 1.83 bits per heavy atom. The number of nitrogens with one attached hydrogen (secondary N) is 1. The van der Waals surface area contributed by atoms with Gasteiger partial charge in [0.15, 0.2) is 0 Å². The highest BCUT2D eigenvalue weighted by Gasteiger charge is 2.14. The van der Waals surface area contributed by atoms with Crippen LogP contribution < -0.4 is 26.8 Å². The lowest BCUT2D eigenvalue weighted by molar-refractivity contribution is 0.223. The van der Waals surface area contributed by atoms with Gasteiger partial charge in [0.25, 0.3) is 0 Å². The number of nitrogens with two attached hydrogens (primary N) is 1. The number of rotatable bonds is 5. The molecular weight excluding hydrogens is 308 g/mol. The molecule has 0 aliphatic heterocycles. The number of amides is 2. The Morgan fingerprint density at radius 3 is 2.46 bits per heavy atom. The smallest absolute Gasteiger partial charge is 0.335 e. The van der Waals surface area contributed by atoms with E-state index in [0.717, 1.165) is 21.9 Å². The van der Waals surface area contributed by atoms with Crippen molar-refractivity contribution in [3.8, 4) is 11.5 Å². The highest BCUT2D eigenvalue weighted by molar-refractivity contribution is 5.90. The molecule has 24 heavy (non-hydrogen) atoms. The summed E-state index contributed by atoms with van der Waals surface area (Å²) >= 11 is 0. The van der Waals surface area contributed by atoms with Gasteiger partial charge in [-0.2, -0.15) is 0 Å². The second-order valence-electron chi connectivity index (χ2n) is 5.08. The predicted molar refractivity (Wildman–Crippen MR) is 94.5 cm³/mol. The molecule has 0 heterocycles. The van der Waals surface area contributed by atoms with Gasteiger partial charge in [-0.25, -0.2) is 10.6 Å². The Kier molecular flexibility index (Phi) is 7.03. The number of urea groups is 1. The van der Waals surface area contributed by atoms with E-state index in [0.29, 0.717) is 11.4 Å². The minimum absolute atomic E-state index is 0. The number of methoxy groups -OCH3 is 1. The zero-order valence-corrected chi connectivity index (χ0v) is 14.2. The first-order chi connectivity index (χ1) is 11.0. The molecule has 0 fully saturated rings. The van der Waals surface area contributed by atoms with E-state index in [-0.39, 0.29) is 12.8 Å². The van der Waals surface area contributed by atoms with Gasteiger partial charge in [0, 0.05) is 7.05 Å². The fraction of sp³-hybridized carbons (Fsp3) is 0.235. The van der Waals surface area contributed by atoms with E-state index in [4.69, 9.17) is 15.3 Å². The van der Waals surface area contributed by atoms with Gasteiger partial charge in [0.05, 0.1) is 18.4 Å². The first kappa shape index (κ1) is 19.3. The minimum Gasteiger partial charge on any atom is -0.496 e. The Morgan fingerprint density at radius 1 is 1.17 bits per heavy atom. The molecule has 0 atom stereocenters. The van der Waals surface area contributed by atoms with Crippen molar-refractivity contribution < 1.29 is 14.3 Å². The maximum atomic E-state index is 11.8. The first-order valence-electron chi connectivity index (χ1n) is 7.16. The molecule has 2 rings (SSSR count). The van der Waals surface area contributed by atoms with Crippen molar-refractivity contribution in [2.24, 2.45) is 5.84 Å². The summed E-state index contributed by atoms with van der Waals surface area (Å²) < 4.78 is 11.2. The molecule has 0 radical (unpaired) electrons. The lowest BCUT2D eigenvalue weighted by Gasteiger charge is -2.18. The van der Waals surface area contributed by atoms with Crippen LogP contribution in [0.5, 0.6) is 11.5 Å². The summed E-state index contributed by atoms with van der Waals surface area (Å²) in [5, 5.41) is 3.72. The van der Waals surface area contributed by atoms with Crippen LogP contribution >= 0.6 is 0 Å².